The SMILES string of the molecule is CCN(CC)C(=O)CN1CCN(Cc2noc(CN)n2)CC1.Cl.Cl. The molecular formula is C14H28Cl2N6O2. The van der Waals surface area contributed by atoms with Crippen LogP contribution in [0.5, 0.6) is 0 Å². The molecule has 0 unspecified atom stereocenters. The number of amides is 1. The van der Waals surface area contributed by atoms with Gasteiger partial charge in [-0.15, -0.1) is 24.8 Å². The maximum absolute atomic E-state index is 12.1. The van der Waals surface area contributed by atoms with Crippen LogP contribution >= 0.6 is 24.8 Å². The van der Waals surface area contributed by atoms with E-state index < -0.39 is 0 Å². The van der Waals surface area contributed by atoms with Crippen molar-refractivity contribution in [3.05, 3.63) is 11.7 Å². The molecule has 0 bridgehead atoms. The van der Waals surface area contributed by atoms with Gasteiger partial charge in [-0.05, 0) is 13.8 Å². The number of nitrogens with zero attached hydrogens (tertiary/aromatic N) is 5. The third kappa shape index (κ3) is 6.52. The molecule has 0 saturated carbocycles. The molecule has 1 aromatic heterocycles. The maximum atomic E-state index is 12.1. The van der Waals surface area contributed by atoms with Crippen LogP contribution in [0, 0.1) is 0 Å². The van der Waals surface area contributed by atoms with Crippen LogP contribution in [0.15, 0.2) is 4.52 Å². The summed E-state index contributed by atoms with van der Waals surface area (Å²) < 4.78 is 5.01. The first kappa shape index (κ1) is 23.1. The van der Waals surface area contributed by atoms with Gasteiger partial charge in [0.1, 0.15) is 0 Å². The summed E-state index contributed by atoms with van der Waals surface area (Å²) in [6.07, 6.45) is 0. The molecule has 2 N–H and O–H groups in total. The monoisotopic (exact) mass is 382 g/mol. The van der Waals surface area contributed by atoms with Crippen molar-refractivity contribution in [1.82, 2.24) is 24.8 Å². The summed E-state index contributed by atoms with van der Waals surface area (Å²) in [7, 11) is 0. The lowest BCUT2D eigenvalue weighted by molar-refractivity contribution is -0.132. The molecule has 1 aliphatic heterocycles. The normalized spacial score (nSPS) is 15.5. The van der Waals surface area contributed by atoms with Crippen LogP contribution in [0.3, 0.4) is 0 Å². The van der Waals surface area contributed by atoms with Crippen molar-refractivity contribution in [1.29, 1.82) is 0 Å². The fourth-order valence-electron chi connectivity index (χ4n) is 2.61. The van der Waals surface area contributed by atoms with E-state index in [9.17, 15) is 4.79 Å². The molecule has 10 heteroatoms. The predicted octanol–water partition coefficient (Wildman–Crippen LogP) is 0.358. The smallest absolute Gasteiger partial charge is 0.240 e. The first-order valence-corrected chi connectivity index (χ1v) is 7.90. The Morgan fingerprint density at radius 3 is 2.25 bits per heavy atom. The summed E-state index contributed by atoms with van der Waals surface area (Å²) >= 11 is 0. The van der Waals surface area contributed by atoms with Gasteiger partial charge in [-0.25, -0.2) is 0 Å². The van der Waals surface area contributed by atoms with Gasteiger partial charge in [-0.3, -0.25) is 14.6 Å². The highest BCUT2D eigenvalue weighted by Gasteiger charge is 2.21. The van der Waals surface area contributed by atoms with E-state index in [1.165, 1.54) is 0 Å². The largest absolute Gasteiger partial charge is 0.342 e. The Morgan fingerprint density at radius 2 is 1.75 bits per heavy atom. The van der Waals surface area contributed by atoms with E-state index >= 15 is 0 Å². The van der Waals surface area contributed by atoms with E-state index in [1.807, 2.05) is 18.7 Å². The minimum Gasteiger partial charge on any atom is -0.342 e. The van der Waals surface area contributed by atoms with Gasteiger partial charge in [-0.1, -0.05) is 5.16 Å². The molecule has 1 aliphatic rings. The highest BCUT2D eigenvalue weighted by atomic mass is 35.5. The molecule has 1 saturated heterocycles. The molecule has 0 aromatic carbocycles. The van der Waals surface area contributed by atoms with Gasteiger partial charge in [0, 0.05) is 39.3 Å². The molecule has 1 aromatic rings. The standard InChI is InChI=1S/C14H26N6O2.2ClH/c1-3-20(4-2)14(21)11-19-7-5-18(6-8-19)10-12-16-13(9-15)22-17-12;;/h3-11,15H2,1-2H3;2*1H. The molecule has 2 heterocycles. The average Bonchev–Trinajstić information content (AvgIpc) is 2.98. The first-order valence-electron chi connectivity index (χ1n) is 7.90. The number of rotatable bonds is 7. The second-order valence-electron chi connectivity index (χ2n) is 5.43. The van der Waals surface area contributed by atoms with Crippen LogP contribution in [0.1, 0.15) is 25.6 Å². The van der Waals surface area contributed by atoms with Crippen LogP contribution in [0.25, 0.3) is 0 Å². The van der Waals surface area contributed by atoms with Gasteiger partial charge in [0.2, 0.25) is 11.8 Å². The molecule has 1 fully saturated rings. The number of hydrogen-bond donors (Lipinski definition) is 1. The Morgan fingerprint density at radius 1 is 1.17 bits per heavy atom. The maximum Gasteiger partial charge on any atom is 0.240 e. The van der Waals surface area contributed by atoms with E-state index in [0.29, 0.717) is 24.8 Å². The van der Waals surface area contributed by atoms with E-state index in [-0.39, 0.29) is 37.3 Å². The minimum atomic E-state index is 0. The molecular weight excluding hydrogens is 355 g/mol. The van der Waals surface area contributed by atoms with Gasteiger partial charge in [0.25, 0.3) is 0 Å². The third-order valence-corrected chi connectivity index (χ3v) is 3.99. The zero-order chi connectivity index (χ0) is 15.9. The zero-order valence-corrected chi connectivity index (χ0v) is 15.9. The Labute approximate surface area is 155 Å². The summed E-state index contributed by atoms with van der Waals surface area (Å²) in [5.74, 6) is 1.36. The van der Waals surface area contributed by atoms with E-state index in [4.69, 9.17) is 10.3 Å². The Kier molecular flexibility index (Phi) is 11.1. The van der Waals surface area contributed by atoms with Crippen molar-refractivity contribution in [3.63, 3.8) is 0 Å². The Balaban J connectivity index is 0.00000264. The van der Waals surface area contributed by atoms with Gasteiger partial charge in [0.15, 0.2) is 5.82 Å². The molecule has 0 spiro atoms. The molecule has 0 atom stereocenters. The lowest BCUT2D eigenvalue weighted by Gasteiger charge is -2.34. The first-order chi connectivity index (χ1) is 10.7. The van der Waals surface area contributed by atoms with E-state index in [1.54, 1.807) is 0 Å². The van der Waals surface area contributed by atoms with Crippen molar-refractivity contribution in [3.8, 4) is 0 Å². The fourth-order valence-corrected chi connectivity index (χ4v) is 2.61. The average molecular weight is 383 g/mol. The lowest BCUT2D eigenvalue weighted by Crippen LogP contribution is -2.49. The molecule has 0 radical (unpaired) electrons. The van der Waals surface area contributed by atoms with Gasteiger partial charge < -0.3 is 15.2 Å². The van der Waals surface area contributed by atoms with Crippen LogP contribution < -0.4 is 5.73 Å². The van der Waals surface area contributed by atoms with Gasteiger partial charge in [-0.2, -0.15) is 4.98 Å². The van der Waals surface area contributed by atoms with Gasteiger partial charge in [0.05, 0.1) is 19.6 Å². The molecule has 140 valence electrons. The van der Waals surface area contributed by atoms with Crippen LogP contribution in [-0.2, 0) is 17.9 Å². The summed E-state index contributed by atoms with van der Waals surface area (Å²) in [4.78, 5) is 22.7. The highest BCUT2D eigenvalue weighted by Crippen LogP contribution is 2.07. The number of hydrogen-bond acceptors (Lipinski definition) is 7. The lowest BCUT2D eigenvalue weighted by atomic mass is 10.3. The minimum absolute atomic E-state index is 0. The van der Waals surface area contributed by atoms with E-state index in [0.717, 1.165) is 39.3 Å². The zero-order valence-electron chi connectivity index (χ0n) is 14.3. The topological polar surface area (TPSA) is 91.7 Å². The van der Waals surface area contributed by atoms with Crippen LogP contribution in [0.4, 0.5) is 0 Å². The van der Waals surface area contributed by atoms with Crippen molar-refractivity contribution in [2.75, 3.05) is 45.8 Å². The molecule has 0 aliphatic carbocycles. The fraction of sp³-hybridized carbons (Fsp3) is 0.786. The number of nitrogens with two attached hydrogens (primary N) is 1. The van der Waals surface area contributed by atoms with Crippen molar-refractivity contribution in [2.45, 2.75) is 26.9 Å². The van der Waals surface area contributed by atoms with Crippen molar-refractivity contribution < 1.29 is 9.32 Å². The Bertz CT molecular complexity index is 476. The summed E-state index contributed by atoms with van der Waals surface area (Å²) in [6.45, 7) is 10.6. The molecule has 2 rings (SSSR count). The summed E-state index contributed by atoms with van der Waals surface area (Å²) in [6, 6.07) is 0. The second-order valence-corrected chi connectivity index (χ2v) is 5.43. The van der Waals surface area contributed by atoms with Gasteiger partial charge >= 0.3 is 0 Å². The second kappa shape index (κ2) is 11.6. The Hall–Kier alpha value is -0.930. The summed E-state index contributed by atoms with van der Waals surface area (Å²) in [5, 5.41) is 3.91. The van der Waals surface area contributed by atoms with Crippen LogP contribution in [0.2, 0.25) is 0 Å². The number of carbonyl (C=O) groups excluding carboxylic acids is 1. The van der Waals surface area contributed by atoms with E-state index in [2.05, 4.69) is 19.9 Å². The number of piperazine rings is 1. The van der Waals surface area contributed by atoms with Crippen molar-refractivity contribution in [2.24, 2.45) is 5.73 Å². The third-order valence-electron chi connectivity index (χ3n) is 3.99. The number of aromatic nitrogens is 2. The number of carbonyl (C=O) groups is 1. The quantitative estimate of drug-likeness (QED) is 0.727. The molecule has 1 amide bonds. The number of halogens is 2. The summed E-state index contributed by atoms with van der Waals surface area (Å²) in [5.41, 5.74) is 5.46. The molecule has 8 nitrogen and oxygen atoms in total. The highest BCUT2D eigenvalue weighted by molar-refractivity contribution is 5.85. The molecule has 24 heavy (non-hydrogen) atoms. The number of likely N-dealkylation sites (N-methyl/N-ethyl adjacent to an activating group) is 1. The predicted molar refractivity (Wildman–Crippen MR) is 96.3 cm³/mol. The van der Waals surface area contributed by atoms with Crippen molar-refractivity contribution >= 4 is 30.7 Å². The van der Waals surface area contributed by atoms with Crippen LogP contribution in [-0.4, -0.2) is 76.6 Å².